The van der Waals surface area contributed by atoms with Crippen LogP contribution in [0.3, 0.4) is 0 Å². The number of hydrogen-bond donors (Lipinski definition) is 0. The van der Waals surface area contributed by atoms with E-state index in [4.69, 9.17) is 0 Å². The molecule has 0 aliphatic heterocycles. The van der Waals surface area contributed by atoms with Gasteiger partial charge in [-0.05, 0) is 77.9 Å². The van der Waals surface area contributed by atoms with Crippen LogP contribution in [0.1, 0.15) is 31.8 Å². The van der Waals surface area contributed by atoms with Crippen molar-refractivity contribution in [3.05, 3.63) is 131 Å². The van der Waals surface area contributed by atoms with Crippen molar-refractivity contribution in [2.45, 2.75) is 0 Å². The monoisotopic (exact) mass is 530 g/mol. The average Bonchev–Trinajstić information content (AvgIpc) is 2.91. The Morgan fingerprint density at radius 2 is 0.921 bits per heavy atom. The Hall–Kier alpha value is -4.86. The second-order valence-corrected chi connectivity index (χ2v) is 7.39. The first-order valence-electron chi connectivity index (χ1n) is 10.6. The summed E-state index contributed by atoms with van der Waals surface area (Å²) in [6, 6.07) is 12.6. The zero-order chi connectivity index (χ0) is 27.7. The van der Waals surface area contributed by atoms with E-state index in [1.54, 1.807) is 24.3 Å². The Balaban J connectivity index is 1.62. The number of allylic oxidation sites excluding steroid dienone is 2. The van der Waals surface area contributed by atoms with Crippen molar-refractivity contribution in [1.82, 2.24) is 0 Å². The summed E-state index contributed by atoms with van der Waals surface area (Å²) < 4.78 is 82.7. The SMILES string of the molecule is O=C(C=Cc1cccc(C=CC(=O)c2ccc(OC(F)=C(F)F)cc2)c1)c1ccc(OC(F)=C(F)F)cc1. The molecule has 0 saturated carbocycles. The molecular formula is C28H16F6O4. The van der Waals surface area contributed by atoms with Crippen LogP contribution in [-0.2, 0) is 0 Å². The van der Waals surface area contributed by atoms with E-state index in [0.717, 1.165) is 0 Å². The van der Waals surface area contributed by atoms with Crippen LogP contribution in [0.5, 0.6) is 11.5 Å². The lowest BCUT2D eigenvalue weighted by molar-refractivity contribution is 0.103. The Kier molecular flexibility index (Phi) is 9.42. The molecule has 0 aliphatic carbocycles. The second kappa shape index (κ2) is 12.9. The molecule has 0 aromatic heterocycles. The van der Waals surface area contributed by atoms with E-state index in [9.17, 15) is 35.9 Å². The summed E-state index contributed by atoms with van der Waals surface area (Å²) in [6.07, 6.45) is 0.418. The van der Waals surface area contributed by atoms with Gasteiger partial charge < -0.3 is 9.47 Å². The summed E-state index contributed by atoms with van der Waals surface area (Å²) in [5.74, 6) is -1.21. The molecule has 0 saturated heterocycles. The van der Waals surface area contributed by atoms with Crippen molar-refractivity contribution in [3.8, 4) is 11.5 Å². The maximum Gasteiger partial charge on any atom is 0.344 e. The molecule has 0 aliphatic rings. The number of rotatable bonds is 10. The predicted molar refractivity (Wildman–Crippen MR) is 128 cm³/mol. The summed E-state index contributed by atoms with van der Waals surface area (Å²) in [5.41, 5.74) is 1.70. The van der Waals surface area contributed by atoms with E-state index in [2.05, 4.69) is 9.47 Å². The number of ether oxygens (including phenoxy) is 2. The third-order valence-electron chi connectivity index (χ3n) is 4.75. The van der Waals surface area contributed by atoms with Gasteiger partial charge in [-0.3, -0.25) is 9.59 Å². The standard InChI is InChI=1S/C28H16F6O4/c29-25(30)27(33)37-21-10-6-19(7-11-21)23(35)14-4-17-2-1-3-18(16-17)5-15-24(36)20-8-12-22(13-9-20)38-28(34)26(31)32/h1-16H. The molecular weight excluding hydrogens is 514 g/mol. The van der Waals surface area contributed by atoms with Crippen LogP contribution in [0.4, 0.5) is 26.3 Å². The summed E-state index contributed by atoms with van der Waals surface area (Å²) in [7, 11) is 0. The fraction of sp³-hybridized carbons (Fsp3) is 0. The van der Waals surface area contributed by atoms with Crippen molar-refractivity contribution in [1.29, 1.82) is 0 Å². The zero-order valence-electron chi connectivity index (χ0n) is 19.1. The van der Waals surface area contributed by atoms with Gasteiger partial charge in [0, 0.05) is 11.1 Å². The first kappa shape index (κ1) is 27.7. The van der Waals surface area contributed by atoms with Gasteiger partial charge in [-0.25, -0.2) is 0 Å². The average molecular weight is 530 g/mol. The fourth-order valence-electron chi connectivity index (χ4n) is 2.96. The van der Waals surface area contributed by atoms with E-state index in [-0.39, 0.29) is 22.6 Å². The van der Waals surface area contributed by atoms with Gasteiger partial charge in [0.05, 0.1) is 0 Å². The molecule has 0 fully saturated rings. The smallest absolute Gasteiger partial charge is 0.344 e. The van der Waals surface area contributed by atoms with Crippen LogP contribution in [0.25, 0.3) is 12.2 Å². The number of halogens is 6. The predicted octanol–water partition coefficient (Wildman–Crippen LogP) is 8.31. The summed E-state index contributed by atoms with van der Waals surface area (Å²) in [4.78, 5) is 24.7. The highest BCUT2D eigenvalue weighted by Gasteiger charge is 2.10. The minimum absolute atomic E-state index is 0.201. The Morgan fingerprint density at radius 3 is 1.26 bits per heavy atom. The third-order valence-corrected chi connectivity index (χ3v) is 4.75. The van der Waals surface area contributed by atoms with Crippen molar-refractivity contribution in [2.24, 2.45) is 0 Å². The topological polar surface area (TPSA) is 52.6 Å². The van der Waals surface area contributed by atoms with Crippen LogP contribution in [0.2, 0.25) is 0 Å². The Labute approximate surface area is 212 Å². The van der Waals surface area contributed by atoms with Gasteiger partial charge in [-0.1, -0.05) is 30.4 Å². The minimum atomic E-state index is -2.60. The second-order valence-electron chi connectivity index (χ2n) is 7.39. The van der Waals surface area contributed by atoms with Gasteiger partial charge in [0.25, 0.3) is 0 Å². The Bertz CT molecular complexity index is 1320. The number of carbonyl (C=O) groups is 2. The lowest BCUT2D eigenvalue weighted by Crippen LogP contribution is -1.96. The van der Waals surface area contributed by atoms with Crippen LogP contribution in [-0.4, -0.2) is 11.6 Å². The molecule has 0 bridgehead atoms. The zero-order valence-corrected chi connectivity index (χ0v) is 19.1. The highest BCUT2D eigenvalue weighted by molar-refractivity contribution is 6.07. The van der Waals surface area contributed by atoms with Crippen molar-refractivity contribution >= 4 is 23.7 Å². The first-order chi connectivity index (χ1) is 18.1. The van der Waals surface area contributed by atoms with Gasteiger partial charge >= 0.3 is 24.2 Å². The van der Waals surface area contributed by atoms with Crippen molar-refractivity contribution in [2.75, 3.05) is 0 Å². The van der Waals surface area contributed by atoms with E-state index in [0.29, 0.717) is 11.1 Å². The maximum absolute atomic E-state index is 12.8. The lowest BCUT2D eigenvalue weighted by atomic mass is 10.1. The molecule has 3 aromatic rings. The highest BCUT2D eigenvalue weighted by atomic mass is 19.3. The minimum Gasteiger partial charge on any atom is -0.428 e. The van der Waals surface area contributed by atoms with E-state index < -0.39 is 35.8 Å². The summed E-state index contributed by atoms with van der Waals surface area (Å²) >= 11 is 0. The van der Waals surface area contributed by atoms with E-state index in [1.807, 2.05) is 0 Å². The number of benzene rings is 3. The Morgan fingerprint density at radius 1 is 0.553 bits per heavy atom. The summed E-state index contributed by atoms with van der Waals surface area (Å²) in [6.45, 7) is 0. The molecule has 4 nitrogen and oxygen atoms in total. The molecule has 0 heterocycles. The normalized spacial score (nSPS) is 10.9. The van der Waals surface area contributed by atoms with Gasteiger partial charge in [0.1, 0.15) is 11.5 Å². The molecule has 3 rings (SSSR count). The largest absolute Gasteiger partial charge is 0.428 e. The maximum atomic E-state index is 12.8. The number of hydrogen-bond acceptors (Lipinski definition) is 4. The summed E-state index contributed by atoms with van der Waals surface area (Å²) in [5, 5.41) is 0. The van der Waals surface area contributed by atoms with Gasteiger partial charge in [0.15, 0.2) is 11.6 Å². The number of ketones is 2. The van der Waals surface area contributed by atoms with Crippen molar-refractivity contribution in [3.63, 3.8) is 0 Å². The molecule has 0 N–H and O–H groups in total. The third kappa shape index (κ3) is 8.09. The fourth-order valence-corrected chi connectivity index (χ4v) is 2.96. The van der Waals surface area contributed by atoms with E-state index >= 15 is 0 Å². The molecule has 0 atom stereocenters. The molecule has 0 unspecified atom stereocenters. The molecule has 3 aromatic carbocycles. The number of carbonyl (C=O) groups excluding carboxylic acids is 2. The van der Waals surface area contributed by atoms with Crippen LogP contribution in [0.15, 0.2) is 109 Å². The molecule has 10 heteroatoms. The molecule has 0 radical (unpaired) electrons. The molecule has 194 valence electrons. The van der Waals surface area contributed by atoms with E-state index in [1.165, 1.54) is 72.8 Å². The van der Waals surface area contributed by atoms with Crippen molar-refractivity contribution < 1.29 is 45.4 Å². The first-order valence-corrected chi connectivity index (χ1v) is 10.6. The lowest BCUT2D eigenvalue weighted by Gasteiger charge is -2.03. The van der Waals surface area contributed by atoms with Crippen LogP contribution >= 0.6 is 0 Å². The molecule has 0 amide bonds. The van der Waals surface area contributed by atoms with Crippen LogP contribution < -0.4 is 9.47 Å². The van der Waals surface area contributed by atoms with Crippen LogP contribution in [0, 0.1) is 0 Å². The molecule has 0 spiro atoms. The molecule has 38 heavy (non-hydrogen) atoms. The van der Waals surface area contributed by atoms with Gasteiger partial charge in [-0.15, -0.1) is 0 Å². The highest BCUT2D eigenvalue weighted by Crippen LogP contribution is 2.21. The van der Waals surface area contributed by atoms with Gasteiger partial charge in [-0.2, -0.15) is 26.3 Å². The van der Waals surface area contributed by atoms with Gasteiger partial charge in [0.2, 0.25) is 0 Å². The quantitative estimate of drug-likeness (QED) is 0.115.